The number of aromatic nitrogens is 4. The van der Waals surface area contributed by atoms with Crippen molar-refractivity contribution in [2.24, 2.45) is 0 Å². The third kappa shape index (κ3) is 4.12. The average molecular weight is 401 g/mol. The monoisotopic (exact) mass is 401 g/mol. The van der Waals surface area contributed by atoms with Gasteiger partial charge >= 0.3 is 0 Å². The van der Waals surface area contributed by atoms with Gasteiger partial charge in [-0.15, -0.1) is 5.10 Å². The third-order valence-electron chi connectivity index (χ3n) is 4.22. The van der Waals surface area contributed by atoms with E-state index in [1.165, 1.54) is 10.9 Å². The summed E-state index contributed by atoms with van der Waals surface area (Å²) >= 11 is 0. The smallest absolute Gasteiger partial charge is 0.274 e. The molecule has 1 amide bonds. The fraction of sp³-hybridized carbons (Fsp3) is 0.0909. The van der Waals surface area contributed by atoms with Gasteiger partial charge in [-0.3, -0.25) is 4.79 Å². The van der Waals surface area contributed by atoms with E-state index in [4.69, 9.17) is 9.15 Å². The van der Waals surface area contributed by atoms with Gasteiger partial charge in [-0.2, -0.15) is 4.68 Å². The first-order valence-electron chi connectivity index (χ1n) is 9.39. The van der Waals surface area contributed by atoms with Crippen LogP contribution in [0.4, 0.5) is 5.69 Å². The average Bonchev–Trinajstić information content (AvgIpc) is 3.46. The van der Waals surface area contributed by atoms with Gasteiger partial charge in [0.25, 0.3) is 5.91 Å². The van der Waals surface area contributed by atoms with Gasteiger partial charge < -0.3 is 14.5 Å². The van der Waals surface area contributed by atoms with Gasteiger partial charge in [0, 0.05) is 11.6 Å². The maximum absolute atomic E-state index is 13.3. The van der Waals surface area contributed by atoms with Crippen molar-refractivity contribution in [3.63, 3.8) is 0 Å². The summed E-state index contributed by atoms with van der Waals surface area (Å²) in [7, 11) is 0. The fourth-order valence-electron chi connectivity index (χ4n) is 2.89. The van der Waals surface area contributed by atoms with E-state index in [1.807, 2.05) is 49.4 Å². The van der Waals surface area contributed by atoms with Gasteiger partial charge in [-0.25, -0.2) is 0 Å². The van der Waals surface area contributed by atoms with E-state index in [0.29, 0.717) is 29.6 Å². The van der Waals surface area contributed by atoms with Gasteiger partial charge in [-0.05, 0) is 41.6 Å². The Labute approximate surface area is 172 Å². The second-order valence-corrected chi connectivity index (χ2v) is 6.21. The molecule has 8 heteroatoms. The maximum atomic E-state index is 13.3. The van der Waals surface area contributed by atoms with E-state index in [9.17, 15) is 4.79 Å². The number of amides is 1. The summed E-state index contributed by atoms with van der Waals surface area (Å²) < 4.78 is 12.4. The van der Waals surface area contributed by atoms with Crippen LogP contribution in [0.1, 0.15) is 12.7 Å². The lowest BCUT2D eigenvalue weighted by Crippen LogP contribution is -2.20. The van der Waals surface area contributed by atoms with Crippen LogP contribution in [0.2, 0.25) is 0 Å². The predicted octanol–water partition coefficient (Wildman–Crippen LogP) is 3.97. The van der Waals surface area contributed by atoms with E-state index in [0.717, 1.165) is 5.56 Å². The Morgan fingerprint density at radius 1 is 1.10 bits per heavy atom. The molecule has 8 nitrogen and oxygen atoms in total. The first kappa shape index (κ1) is 19.1. The van der Waals surface area contributed by atoms with Crippen molar-refractivity contribution in [1.29, 1.82) is 0 Å². The Morgan fingerprint density at radius 2 is 1.90 bits per heavy atom. The van der Waals surface area contributed by atoms with Crippen LogP contribution in [0.15, 0.2) is 77.4 Å². The van der Waals surface area contributed by atoms with Gasteiger partial charge in [0.2, 0.25) is 0 Å². The molecule has 0 aliphatic rings. The quantitative estimate of drug-likeness (QED) is 0.471. The number of para-hydroxylation sites is 2. The van der Waals surface area contributed by atoms with Crippen molar-refractivity contribution in [3.05, 3.63) is 78.8 Å². The molecule has 150 valence electrons. The number of carbonyl (C=O) groups excluding carboxylic acids is 1. The van der Waals surface area contributed by atoms with Crippen LogP contribution in [0, 0.1) is 0 Å². The first-order chi connectivity index (χ1) is 14.8. The molecular formula is C22H19N5O3. The summed E-state index contributed by atoms with van der Waals surface area (Å²) in [5, 5.41) is 14.8. The van der Waals surface area contributed by atoms with Crippen molar-refractivity contribution in [3.8, 4) is 17.1 Å². The molecule has 0 atom stereocenters. The van der Waals surface area contributed by atoms with Crippen molar-refractivity contribution >= 4 is 23.4 Å². The molecule has 0 spiro atoms. The van der Waals surface area contributed by atoms with Crippen molar-refractivity contribution in [2.75, 3.05) is 11.9 Å². The van der Waals surface area contributed by atoms with Crippen LogP contribution >= 0.6 is 0 Å². The number of nitrogens with zero attached hydrogens (tertiary/aromatic N) is 4. The third-order valence-corrected chi connectivity index (χ3v) is 4.22. The molecule has 0 fully saturated rings. The highest BCUT2D eigenvalue weighted by Crippen LogP contribution is 2.26. The molecule has 2 aromatic carbocycles. The largest absolute Gasteiger partial charge is 0.492 e. The Bertz CT molecular complexity index is 1150. The summed E-state index contributed by atoms with van der Waals surface area (Å²) in [6, 6.07) is 20.1. The van der Waals surface area contributed by atoms with E-state index in [1.54, 1.807) is 30.3 Å². The summed E-state index contributed by atoms with van der Waals surface area (Å²) in [5.74, 6) is 1.09. The van der Waals surface area contributed by atoms with Crippen molar-refractivity contribution in [2.45, 2.75) is 6.92 Å². The first-order valence-corrected chi connectivity index (χ1v) is 9.39. The number of hydrogen-bond donors (Lipinski definition) is 1. The van der Waals surface area contributed by atoms with Crippen LogP contribution in [-0.4, -0.2) is 32.7 Å². The summed E-state index contributed by atoms with van der Waals surface area (Å²) in [5.41, 5.74) is 1.51. The van der Waals surface area contributed by atoms with Crippen LogP contribution in [0.3, 0.4) is 0 Å². The second-order valence-electron chi connectivity index (χ2n) is 6.21. The minimum Gasteiger partial charge on any atom is -0.492 e. The highest BCUT2D eigenvalue weighted by Gasteiger charge is 2.21. The second kappa shape index (κ2) is 8.87. The van der Waals surface area contributed by atoms with Crippen molar-refractivity contribution < 1.29 is 13.9 Å². The molecule has 0 saturated carbocycles. The van der Waals surface area contributed by atoms with E-state index >= 15 is 0 Å². The molecule has 0 aliphatic carbocycles. The molecule has 0 saturated heterocycles. The predicted molar refractivity (Wildman–Crippen MR) is 112 cm³/mol. The lowest BCUT2D eigenvalue weighted by Gasteiger charge is -2.13. The number of furan rings is 1. The molecule has 2 aromatic heterocycles. The van der Waals surface area contributed by atoms with Crippen LogP contribution < -0.4 is 10.1 Å². The van der Waals surface area contributed by atoms with Gasteiger partial charge in [0.15, 0.2) is 5.82 Å². The number of hydrogen-bond acceptors (Lipinski definition) is 6. The number of benzene rings is 2. The molecule has 0 radical (unpaired) electrons. The van der Waals surface area contributed by atoms with Crippen LogP contribution in [0.5, 0.6) is 5.75 Å². The fourth-order valence-corrected chi connectivity index (χ4v) is 2.89. The molecule has 30 heavy (non-hydrogen) atoms. The minimum absolute atomic E-state index is 0.195. The highest BCUT2D eigenvalue weighted by atomic mass is 16.5. The molecule has 4 rings (SSSR count). The standard InChI is InChI=1S/C22H19N5O3/c1-2-29-20-13-7-6-12-18(20)23-22(28)19(15-17-11-8-14-30-17)27-21(24-25-26-27)16-9-4-3-5-10-16/h3-15H,2H2,1H3,(H,23,28)/b19-15-. The van der Waals surface area contributed by atoms with Gasteiger partial charge in [0.1, 0.15) is 17.2 Å². The van der Waals surface area contributed by atoms with E-state index in [2.05, 4.69) is 20.8 Å². The number of tetrazole rings is 1. The Balaban J connectivity index is 1.74. The summed E-state index contributed by atoms with van der Waals surface area (Å²) in [6.07, 6.45) is 3.12. The zero-order valence-electron chi connectivity index (χ0n) is 16.2. The Hall–Kier alpha value is -4.20. The highest BCUT2D eigenvalue weighted by molar-refractivity contribution is 6.24. The normalized spacial score (nSPS) is 11.3. The van der Waals surface area contributed by atoms with Gasteiger partial charge in [-0.1, -0.05) is 42.5 Å². The zero-order valence-corrected chi connectivity index (χ0v) is 16.2. The molecule has 0 bridgehead atoms. The number of nitrogens with one attached hydrogen (secondary N) is 1. The topological polar surface area (TPSA) is 95.1 Å². The molecule has 1 N–H and O–H groups in total. The zero-order chi connectivity index (χ0) is 20.8. The minimum atomic E-state index is -0.414. The molecular weight excluding hydrogens is 382 g/mol. The number of ether oxygens (including phenoxy) is 1. The van der Waals surface area contributed by atoms with E-state index in [-0.39, 0.29) is 5.70 Å². The van der Waals surface area contributed by atoms with E-state index < -0.39 is 5.91 Å². The molecule has 0 aliphatic heterocycles. The molecule has 2 heterocycles. The van der Waals surface area contributed by atoms with Crippen molar-refractivity contribution in [1.82, 2.24) is 20.2 Å². The van der Waals surface area contributed by atoms with Crippen LogP contribution in [-0.2, 0) is 4.79 Å². The Kier molecular flexibility index (Phi) is 5.66. The maximum Gasteiger partial charge on any atom is 0.274 e. The lowest BCUT2D eigenvalue weighted by molar-refractivity contribution is -0.111. The number of rotatable bonds is 7. The molecule has 0 unspecified atom stereocenters. The SMILES string of the molecule is CCOc1ccccc1NC(=O)/C(=C/c1ccco1)n1nnnc1-c1ccccc1. The van der Waals surface area contributed by atoms with Crippen LogP contribution in [0.25, 0.3) is 23.2 Å². The molecule has 4 aromatic rings. The lowest BCUT2D eigenvalue weighted by atomic mass is 10.2. The Morgan fingerprint density at radius 3 is 2.67 bits per heavy atom. The van der Waals surface area contributed by atoms with Gasteiger partial charge in [0.05, 0.1) is 18.6 Å². The summed E-state index contributed by atoms with van der Waals surface area (Å²) in [4.78, 5) is 13.3. The number of carbonyl (C=O) groups is 1. The summed E-state index contributed by atoms with van der Waals surface area (Å²) in [6.45, 7) is 2.36. The number of anilines is 1.